The molecule has 4 rings (SSSR count). The van der Waals surface area contributed by atoms with E-state index in [1.807, 2.05) is 30.3 Å². The zero-order valence-electron chi connectivity index (χ0n) is 19.3. The van der Waals surface area contributed by atoms with E-state index in [-0.39, 0.29) is 29.2 Å². The average Bonchev–Trinajstić information content (AvgIpc) is 3.43. The van der Waals surface area contributed by atoms with Crippen LogP contribution in [0.3, 0.4) is 0 Å². The van der Waals surface area contributed by atoms with E-state index in [1.54, 1.807) is 25.1 Å². The number of nitrogens with zero attached hydrogens (tertiary/aromatic N) is 1. The number of furan rings is 1. The van der Waals surface area contributed by atoms with Crippen LogP contribution in [0.25, 0.3) is 5.70 Å². The van der Waals surface area contributed by atoms with Gasteiger partial charge in [-0.3, -0.25) is 4.79 Å². The number of hydrogen-bond donors (Lipinski definition) is 2. The lowest BCUT2D eigenvalue weighted by molar-refractivity contribution is -0.138. The molecule has 0 fully saturated rings. The number of para-hydroxylation sites is 1. The van der Waals surface area contributed by atoms with Gasteiger partial charge in [0.15, 0.2) is 0 Å². The van der Waals surface area contributed by atoms with Crippen LogP contribution in [0.2, 0.25) is 0 Å². The van der Waals surface area contributed by atoms with E-state index in [0.717, 1.165) is 11.8 Å². The van der Waals surface area contributed by atoms with Crippen LogP contribution in [0.5, 0.6) is 0 Å². The Kier molecular flexibility index (Phi) is 7.88. The van der Waals surface area contributed by atoms with Crippen molar-refractivity contribution in [3.63, 3.8) is 0 Å². The molecule has 1 aliphatic heterocycles. The smallest absolute Gasteiger partial charge is 0.337 e. The molecule has 0 aliphatic carbocycles. The number of anilines is 1. The third-order valence-electron chi connectivity index (χ3n) is 5.33. The third kappa shape index (κ3) is 5.34. The number of thioether (sulfide) groups is 1. The molecule has 2 aromatic carbocycles. The van der Waals surface area contributed by atoms with Crippen LogP contribution >= 0.6 is 11.8 Å². The van der Waals surface area contributed by atoms with Gasteiger partial charge in [0.05, 0.1) is 58.2 Å². The van der Waals surface area contributed by atoms with Crippen molar-refractivity contribution < 1.29 is 23.1 Å². The van der Waals surface area contributed by atoms with E-state index in [4.69, 9.17) is 9.15 Å². The second kappa shape index (κ2) is 11.4. The molecule has 0 saturated carbocycles. The highest BCUT2D eigenvalue weighted by atomic mass is 32.2. The fraction of sp³-hybridized carbons (Fsp3) is 0.148. The quantitative estimate of drug-likeness (QED) is 0.408. The first-order chi connectivity index (χ1) is 17.5. The van der Waals surface area contributed by atoms with Crippen molar-refractivity contribution in [2.45, 2.75) is 12.8 Å². The molecule has 1 amide bonds. The van der Waals surface area contributed by atoms with E-state index in [2.05, 4.69) is 16.7 Å². The summed E-state index contributed by atoms with van der Waals surface area (Å²) >= 11 is 1.07. The number of ether oxygens (including phenoxy) is 1. The molecule has 7 nitrogen and oxygen atoms in total. The van der Waals surface area contributed by atoms with Crippen molar-refractivity contribution in [1.82, 2.24) is 5.32 Å². The lowest BCUT2D eigenvalue weighted by Crippen LogP contribution is -2.29. The fourth-order valence-electron chi connectivity index (χ4n) is 3.79. The average molecular weight is 504 g/mol. The van der Waals surface area contributed by atoms with Crippen LogP contribution in [0.4, 0.5) is 10.1 Å². The number of halogens is 1. The SMILES string of the molecule is CCOC(=O)C1=C(c2ccccc2)NC(SCC(=O)Nc2ccccc2F)=C(C#N)[C@@H]1c1ccco1. The second-order valence-corrected chi connectivity index (χ2v) is 8.61. The zero-order chi connectivity index (χ0) is 25.5. The van der Waals surface area contributed by atoms with Crippen molar-refractivity contribution in [2.75, 3.05) is 17.7 Å². The van der Waals surface area contributed by atoms with Gasteiger partial charge in [-0.15, -0.1) is 0 Å². The van der Waals surface area contributed by atoms with Crippen molar-refractivity contribution in [2.24, 2.45) is 0 Å². The van der Waals surface area contributed by atoms with E-state index < -0.39 is 23.6 Å². The second-order valence-electron chi connectivity index (χ2n) is 7.62. The fourth-order valence-corrected chi connectivity index (χ4v) is 4.63. The first-order valence-corrected chi connectivity index (χ1v) is 12.1. The predicted molar refractivity (Wildman–Crippen MR) is 135 cm³/mol. The van der Waals surface area contributed by atoms with E-state index in [9.17, 15) is 19.2 Å². The highest BCUT2D eigenvalue weighted by Gasteiger charge is 2.38. The number of amides is 1. The van der Waals surface area contributed by atoms with E-state index in [0.29, 0.717) is 22.0 Å². The first-order valence-electron chi connectivity index (χ1n) is 11.1. The van der Waals surface area contributed by atoms with Gasteiger partial charge in [0.25, 0.3) is 0 Å². The molecule has 182 valence electrons. The Morgan fingerprint density at radius 2 is 1.89 bits per heavy atom. The Bertz CT molecular complexity index is 1360. The van der Waals surface area contributed by atoms with E-state index in [1.165, 1.54) is 24.5 Å². The minimum Gasteiger partial charge on any atom is -0.468 e. The van der Waals surface area contributed by atoms with Crippen LogP contribution in [-0.4, -0.2) is 24.2 Å². The minimum absolute atomic E-state index is 0.0668. The Morgan fingerprint density at radius 1 is 1.14 bits per heavy atom. The molecule has 0 radical (unpaired) electrons. The van der Waals surface area contributed by atoms with Crippen molar-refractivity contribution >= 4 is 35.0 Å². The number of allylic oxidation sites excluding steroid dienone is 1. The van der Waals surface area contributed by atoms with Gasteiger partial charge < -0.3 is 19.8 Å². The molecule has 9 heteroatoms. The van der Waals surface area contributed by atoms with Crippen molar-refractivity contribution in [3.8, 4) is 6.07 Å². The molecular weight excluding hydrogens is 481 g/mol. The molecule has 0 saturated heterocycles. The maximum atomic E-state index is 13.9. The summed E-state index contributed by atoms with van der Waals surface area (Å²) in [4.78, 5) is 25.7. The molecule has 1 aromatic heterocycles. The van der Waals surface area contributed by atoms with Crippen molar-refractivity contribution in [1.29, 1.82) is 5.26 Å². The van der Waals surface area contributed by atoms with Crippen LogP contribution in [-0.2, 0) is 14.3 Å². The number of dihydropyridines is 1. The Hall–Kier alpha value is -4.29. The monoisotopic (exact) mass is 503 g/mol. The maximum absolute atomic E-state index is 13.9. The first kappa shape index (κ1) is 24.8. The molecular formula is C27H22FN3O4S. The normalized spacial score (nSPS) is 15.2. The number of benzene rings is 2. The molecule has 3 aromatic rings. The van der Waals surface area contributed by atoms with Crippen LogP contribution in [0.1, 0.15) is 24.2 Å². The topological polar surface area (TPSA) is 104 Å². The van der Waals surface area contributed by atoms with Gasteiger partial charge in [-0.1, -0.05) is 54.2 Å². The number of esters is 1. The zero-order valence-corrected chi connectivity index (χ0v) is 20.1. The van der Waals surface area contributed by atoms with Gasteiger partial charge in [0.2, 0.25) is 5.91 Å². The number of carbonyl (C=O) groups excluding carboxylic acids is 2. The summed E-state index contributed by atoms with van der Waals surface area (Å²) in [7, 11) is 0. The van der Waals surface area contributed by atoms with Gasteiger partial charge in [-0.2, -0.15) is 5.26 Å². The summed E-state index contributed by atoms with van der Waals surface area (Å²) in [5.74, 6) is -2.15. The minimum atomic E-state index is -0.849. The number of rotatable bonds is 8. The molecule has 2 heterocycles. The van der Waals surface area contributed by atoms with Gasteiger partial charge >= 0.3 is 5.97 Å². The maximum Gasteiger partial charge on any atom is 0.337 e. The Morgan fingerprint density at radius 3 is 2.56 bits per heavy atom. The van der Waals surface area contributed by atoms with Crippen molar-refractivity contribution in [3.05, 3.63) is 106 Å². The van der Waals surface area contributed by atoms with Gasteiger partial charge in [0.1, 0.15) is 11.6 Å². The standard InChI is InChI=1S/C27H22FN3O4S/c1-2-34-27(33)24-23(21-13-8-14-35-21)18(15-29)26(31-25(24)17-9-4-3-5-10-17)36-16-22(32)30-20-12-7-6-11-19(20)28/h3-14,23,31H,2,16H2,1H3,(H,30,32)/t23-/m1/s1. The summed E-state index contributed by atoms with van der Waals surface area (Å²) in [5.41, 5.74) is 1.65. The molecule has 1 aliphatic rings. The van der Waals surface area contributed by atoms with Gasteiger partial charge in [-0.25, -0.2) is 9.18 Å². The highest BCUT2D eigenvalue weighted by molar-refractivity contribution is 8.03. The number of carbonyl (C=O) groups is 2. The Labute approximate surface area is 211 Å². The van der Waals surface area contributed by atoms with Crippen LogP contribution in [0.15, 0.2) is 93.6 Å². The summed E-state index contributed by atoms with van der Waals surface area (Å²) in [5, 5.41) is 16.2. The van der Waals surface area contributed by atoms with Crippen LogP contribution in [0, 0.1) is 17.1 Å². The largest absolute Gasteiger partial charge is 0.468 e. The van der Waals surface area contributed by atoms with E-state index >= 15 is 0 Å². The summed E-state index contributed by atoms with van der Waals surface area (Å²) in [6.45, 7) is 1.86. The number of hydrogen-bond acceptors (Lipinski definition) is 7. The summed E-state index contributed by atoms with van der Waals surface area (Å²) < 4.78 is 24.9. The molecule has 2 N–H and O–H groups in total. The third-order valence-corrected chi connectivity index (χ3v) is 6.35. The van der Waals surface area contributed by atoms with Gasteiger partial charge in [-0.05, 0) is 36.8 Å². The molecule has 0 bridgehead atoms. The molecule has 0 unspecified atom stereocenters. The molecule has 0 spiro atoms. The lowest BCUT2D eigenvalue weighted by atomic mass is 9.84. The van der Waals surface area contributed by atoms with Gasteiger partial charge in [0, 0.05) is 0 Å². The molecule has 1 atom stereocenters. The Balaban J connectivity index is 1.72. The predicted octanol–water partition coefficient (Wildman–Crippen LogP) is 5.19. The van der Waals surface area contributed by atoms with Crippen LogP contribution < -0.4 is 10.6 Å². The highest BCUT2D eigenvalue weighted by Crippen LogP contribution is 2.43. The summed E-state index contributed by atoms with van der Waals surface area (Å²) in [6.07, 6.45) is 1.46. The lowest BCUT2D eigenvalue weighted by Gasteiger charge is -2.29. The number of nitrogens with one attached hydrogen (secondary N) is 2. The molecule has 36 heavy (non-hydrogen) atoms. The summed E-state index contributed by atoms with van der Waals surface area (Å²) in [6, 6.07) is 20.5. The number of nitriles is 1.